The van der Waals surface area contributed by atoms with E-state index in [9.17, 15) is 14.7 Å². The maximum atomic E-state index is 12.5. The molecule has 0 aromatic heterocycles. The average molecular weight is 615 g/mol. The summed E-state index contributed by atoms with van der Waals surface area (Å²) in [5.74, 6) is -0.0916. The molecule has 0 spiro atoms. The smallest absolute Gasteiger partial charge is 0.343 e. The van der Waals surface area contributed by atoms with Crippen LogP contribution in [0.4, 0.5) is 0 Å². The second kappa shape index (κ2) is 13.1. The number of allylic oxidation sites excluding steroid dienone is 13. The summed E-state index contributed by atoms with van der Waals surface area (Å²) in [4.78, 5) is 23.9. The lowest BCUT2D eigenvalue weighted by Crippen LogP contribution is -2.46. The number of ether oxygens (including phenoxy) is 3. The number of epoxide rings is 1. The van der Waals surface area contributed by atoms with Gasteiger partial charge in [-0.2, -0.15) is 0 Å². The van der Waals surface area contributed by atoms with Crippen LogP contribution in [0.3, 0.4) is 0 Å². The molecule has 6 heteroatoms. The highest BCUT2D eigenvalue weighted by atomic mass is 16.6. The summed E-state index contributed by atoms with van der Waals surface area (Å²) < 4.78 is 17.2. The van der Waals surface area contributed by atoms with Crippen LogP contribution in [0, 0.1) is 10.8 Å². The number of cyclic esters (lactones) is 1. The Kier molecular flexibility index (Phi) is 10.0. The summed E-state index contributed by atoms with van der Waals surface area (Å²) in [5, 5.41) is 10.3. The van der Waals surface area contributed by atoms with E-state index in [2.05, 4.69) is 59.8 Å². The molecular weight excluding hydrogens is 564 g/mol. The largest absolute Gasteiger partial charge is 0.462 e. The third kappa shape index (κ3) is 7.85. The Morgan fingerprint density at radius 3 is 2.24 bits per heavy atom. The molecule has 4 atom stereocenters. The minimum absolute atomic E-state index is 0.0558. The van der Waals surface area contributed by atoms with Gasteiger partial charge in [0.1, 0.15) is 23.1 Å². The highest BCUT2D eigenvalue weighted by molar-refractivity contribution is 5.95. The molecule has 2 aliphatic carbocycles. The van der Waals surface area contributed by atoms with Gasteiger partial charge in [0.15, 0.2) is 0 Å². The van der Waals surface area contributed by atoms with Crippen molar-refractivity contribution in [1.82, 2.24) is 0 Å². The van der Waals surface area contributed by atoms with Crippen molar-refractivity contribution in [3.63, 3.8) is 0 Å². The Labute approximate surface area is 269 Å². The van der Waals surface area contributed by atoms with E-state index in [1.807, 2.05) is 56.4 Å². The normalized spacial score (nSPS) is 32.6. The van der Waals surface area contributed by atoms with Crippen LogP contribution < -0.4 is 0 Å². The van der Waals surface area contributed by atoms with Gasteiger partial charge in [-0.15, -0.1) is 0 Å². The molecular formula is C39H50O6. The minimum atomic E-state index is -0.495. The van der Waals surface area contributed by atoms with Crippen LogP contribution in [-0.2, 0) is 23.8 Å². The Morgan fingerprint density at radius 1 is 0.956 bits per heavy atom. The predicted molar refractivity (Wildman–Crippen MR) is 179 cm³/mol. The van der Waals surface area contributed by atoms with Crippen molar-refractivity contribution in [2.75, 3.05) is 0 Å². The molecule has 4 rings (SSSR count). The topological polar surface area (TPSA) is 85.4 Å². The zero-order valence-corrected chi connectivity index (χ0v) is 28.4. The van der Waals surface area contributed by atoms with E-state index < -0.39 is 11.2 Å². The average Bonchev–Trinajstić information content (AvgIpc) is 3.37. The third-order valence-corrected chi connectivity index (χ3v) is 9.48. The fourth-order valence-electron chi connectivity index (χ4n) is 7.43. The van der Waals surface area contributed by atoms with Crippen molar-refractivity contribution in [2.24, 2.45) is 10.8 Å². The molecule has 6 nitrogen and oxygen atoms in total. The van der Waals surface area contributed by atoms with E-state index >= 15 is 0 Å². The maximum absolute atomic E-state index is 12.5. The number of hydrogen-bond acceptors (Lipinski definition) is 6. The monoisotopic (exact) mass is 614 g/mol. The zero-order valence-electron chi connectivity index (χ0n) is 28.4. The van der Waals surface area contributed by atoms with E-state index in [-0.39, 0.29) is 35.0 Å². The number of carbonyl (C=O) groups excluding carboxylic acids is 2. The summed E-state index contributed by atoms with van der Waals surface area (Å²) in [6.07, 6.45) is 26.0. The first-order valence-corrected chi connectivity index (χ1v) is 15.9. The Bertz CT molecular complexity index is 1490. The van der Waals surface area contributed by atoms with E-state index in [0.29, 0.717) is 24.2 Å². The van der Waals surface area contributed by atoms with Crippen molar-refractivity contribution in [1.29, 1.82) is 0 Å². The molecule has 0 radical (unpaired) electrons. The first-order chi connectivity index (χ1) is 21.0. The number of esters is 2. The van der Waals surface area contributed by atoms with Crippen LogP contribution in [0.5, 0.6) is 0 Å². The quantitative estimate of drug-likeness (QED) is 0.160. The van der Waals surface area contributed by atoms with Gasteiger partial charge in [0, 0.05) is 25.2 Å². The fraction of sp³-hybridized carbons (Fsp3) is 0.487. The molecule has 242 valence electrons. The molecule has 45 heavy (non-hydrogen) atoms. The van der Waals surface area contributed by atoms with Gasteiger partial charge >= 0.3 is 11.9 Å². The first-order valence-electron chi connectivity index (χ1n) is 15.9. The molecule has 0 aromatic rings. The van der Waals surface area contributed by atoms with E-state index in [1.54, 1.807) is 12.2 Å². The molecule has 0 amide bonds. The molecule has 1 N–H and O–H groups in total. The Hall–Kier alpha value is -3.48. The number of fused-ring (bicyclic) bond motifs is 1. The summed E-state index contributed by atoms with van der Waals surface area (Å²) in [6, 6.07) is 0. The van der Waals surface area contributed by atoms with E-state index in [1.165, 1.54) is 18.1 Å². The molecule has 2 fully saturated rings. The molecule has 4 aliphatic rings. The number of aliphatic hydroxyl groups is 1. The predicted octanol–water partition coefficient (Wildman–Crippen LogP) is 8.25. The van der Waals surface area contributed by atoms with Crippen molar-refractivity contribution in [3.05, 3.63) is 107 Å². The van der Waals surface area contributed by atoms with E-state index in [0.717, 1.165) is 24.0 Å². The SMILES string of the molecule is CC(=O)OC1CC(C)=C(/C=C/C(C)=C/C=C/C=C/C=C(C)/C=C2C=C(/C=C/C34OC3(C)CC(O)CC4(C)C)C(=O)O\2)C(C)(C)C1. The second-order valence-corrected chi connectivity index (χ2v) is 14.5. The van der Waals surface area contributed by atoms with Crippen LogP contribution in [0.2, 0.25) is 0 Å². The fourth-order valence-corrected chi connectivity index (χ4v) is 7.43. The molecule has 4 unspecified atom stereocenters. The van der Waals surface area contributed by atoms with Gasteiger partial charge in [-0.25, -0.2) is 4.79 Å². The lowest BCUT2D eigenvalue weighted by Gasteiger charge is -2.39. The van der Waals surface area contributed by atoms with Crippen LogP contribution in [0.25, 0.3) is 0 Å². The zero-order chi connectivity index (χ0) is 33.2. The molecule has 1 saturated heterocycles. The molecule has 1 saturated carbocycles. The van der Waals surface area contributed by atoms with Gasteiger partial charge in [0.25, 0.3) is 0 Å². The summed E-state index contributed by atoms with van der Waals surface area (Å²) in [5.41, 5.74) is 3.92. The number of aliphatic hydroxyl groups excluding tert-OH is 1. The van der Waals surface area contributed by atoms with Gasteiger partial charge in [-0.1, -0.05) is 87.4 Å². The highest BCUT2D eigenvalue weighted by Gasteiger charge is 2.74. The standard InChI is InChI=1S/C39H50O6/c1-26(16-17-34-28(3)21-33(43-29(4)40)25-36(34,5)6)14-12-10-11-13-15-27(2)20-32-22-30(35(42)44-32)18-19-39-37(7,8)23-31(41)24-38(39,9)45-39/h10-20,22,31,33,41H,21,23-25H2,1-9H3/b12-10+,13-11+,17-16+,19-18+,26-14+,27-15+,32-20+. The van der Waals surface area contributed by atoms with Gasteiger partial charge in [0.05, 0.1) is 11.7 Å². The van der Waals surface area contributed by atoms with Gasteiger partial charge in [-0.3, -0.25) is 4.79 Å². The van der Waals surface area contributed by atoms with Crippen LogP contribution >= 0.6 is 0 Å². The summed E-state index contributed by atoms with van der Waals surface area (Å²) in [6.45, 7) is 18.3. The lowest BCUT2D eigenvalue weighted by atomic mass is 9.63. The first kappa shape index (κ1) is 34.4. The molecule has 2 heterocycles. The van der Waals surface area contributed by atoms with Gasteiger partial charge in [0.2, 0.25) is 0 Å². The molecule has 0 aromatic carbocycles. The molecule has 0 bridgehead atoms. The van der Waals surface area contributed by atoms with Crippen LogP contribution in [-0.4, -0.2) is 40.5 Å². The van der Waals surface area contributed by atoms with Gasteiger partial charge < -0.3 is 19.3 Å². The van der Waals surface area contributed by atoms with Gasteiger partial charge in [-0.05, 0) is 81.4 Å². The van der Waals surface area contributed by atoms with Crippen molar-refractivity contribution >= 4 is 11.9 Å². The molecule has 2 aliphatic heterocycles. The van der Waals surface area contributed by atoms with Crippen molar-refractivity contribution in [3.8, 4) is 0 Å². The number of carbonyl (C=O) groups is 2. The Morgan fingerprint density at radius 2 is 1.62 bits per heavy atom. The maximum Gasteiger partial charge on any atom is 0.343 e. The van der Waals surface area contributed by atoms with Crippen molar-refractivity contribution < 1.29 is 28.9 Å². The minimum Gasteiger partial charge on any atom is -0.462 e. The number of hydrogen-bond donors (Lipinski definition) is 1. The highest BCUT2D eigenvalue weighted by Crippen LogP contribution is 2.66. The number of rotatable bonds is 9. The van der Waals surface area contributed by atoms with Crippen molar-refractivity contribution in [2.45, 2.75) is 111 Å². The van der Waals surface area contributed by atoms with Crippen LogP contribution in [0.15, 0.2) is 107 Å². The lowest BCUT2D eigenvalue weighted by molar-refractivity contribution is -0.147. The Balaban J connectivity index is 1.32. The van der Waals surface area contributed by atoms with E-state index in [4.69, 9.17) is 14.2 Å². The second-order valence-electron chi connectivity index (χ2n) is 14.5. The summed E-state index contributed by atoms with van der Waals surface area (Å²) in [7, 11) is 0. The van der Waals surface area contributed by atoms with Crippen LogP contribution in [0.1, 0.15) is 88.0 Å². The summed E-state index contributed by atoms with van der Waals surface area (Å²) >= 11 is 0. The third-order valence-electron chi connectivity index (χ3n) is 9.48.